The molecule has 86 valence electrons. The first-order chi connectivity index (χ1) is 6.91. The Bertz CT molecular complexity index is 272. The normalized spacial score (nSPS) is 33.4. The van der Waals surface area contributed by atoms with Crippen LogP contribution in [0.15, 0.2) is 0 Å². The van der Waals surface area contributed by atoms with Crippen LogP contribution in [0.3, 0.4) is 0 Å². The van der Waals surface area contributed by atoms with Crippen molar-refractivity contribution < 1.29 is 9.53 Å². The number of carbonyl (C=O) groups excluding carboxylic acids is 1. The SMILES string of the molecule is CC(C)(C)OC(=O)NC[C@@]12CNC[C@H]1C2. The first kappa shape index (κ1) is 10.7. The molecule has 2 aliphatic rings. The minimum absolute atomic E-state index is 0.297. The molecule has 0 aromatic rings. The molecule has 0 aromatic carbocycles. The average molecular weight is 212 g/mol. The second-order valence-electron chi connectivity index (χ2n) is 5.75. The highest BCUT2D eigenvalue weighted by Crippen LogP contribution is 2.54. The molecule has 2 rings (SSSR count). The van der Waals surface area contributed by atoms with Crippen LogP contribution in [0.25, 0.3) is 0 Å². The first-order valence-electron chi connectivity index (χ1n) is 5.59. The molecule has 1 amide bonds. The summed E-state index contributed by atoms with van der Waals surface area (Å²) in [6.45, 7) is 8.52. The maximum Gasteiger partial charge on any atom is 0.407 e. The third-order valence-corrected chi connectivity index (χ3v) is 3.21. The summed E-state index contributed by atoms with van der Waals surface area (Å²) in [5.41, 5.74) is -0.0600. The summed E-state index contributed by atoms with van der Waals surface area (Å²) in [5.74, 6) is 0.771. The number of rotatable bonds is 2. The van der Waals surface area contributed by atoms with Crippen molar-refractivity contribution >= 4 is 6.09 Å². The molecule has 0 aromatic heterocycles. The van der Waals surface area contributed by atoms with Crippen molar-refractivity contribution in [2.75, 3.05) is 19.6 Å². The molecular formula is C11H20N2O2. The lowest BCUT2D eigenvalue weighted by Crippen LogP contribution is -2.37. The minimum Gasteiger partial charge on any atom is -0.444 e. The highest BCUT2D eigenvalue weighted by Gasteiger charge is 2.56. The predicted molar refractivity (Wildman–Crippen MR) is 57.6 cm³/mol. The molecule has 2 atom stereocenters. The van der Waals surface area contributed by atoms with Crippen LogP contribution in [0.1, 0.15) is 27.2 Å². The van der Waals surface area contributed by atoms with E-state index < -0.39 is 5.60 Å². The monoisotopic (exact) mass is 212 g/mol. The molecule has 1 saturated heterocycles. The van der Waals surface area contributed by atoms with Crippen LogP contribution in [-0.4, -0.2) is 31.3 Å². The Kier molecular flexibility index (Phi) is 2.41. The van der Waals surface area contributed by atoms with Gasteiger partial charge in [-0.2, -0.15) is 0 Å². The van der Waals surface area contributed by atoms with E-state index in [1.807, 2.05) is 20.8 Å². The van der Waals surface area contributed by atoms with E-state index in [9.17, 15) is 4.79 Å². The molecule has 1 aliphatic carbocycles. The van der Waals surface area contributed by atoms with Gasteiger partial charge in [-0.15, -0.1) is 0 Å². The first-order valence-corrected chi connectivity index (χ1v) is 5.59. The van der Waals surface area contributed by atoms with E-state index in [1.165, 1.54) is 6.42 Å². The molecule has 0 spiro atoms. The molecular weight excluding hydrogens is 192 g/mol. The van der Waals surface area contributed by atoms with Gasteiger partial charge in [0.15, 0.2) is 0 Å². The smallest absolute Gasteiger partial charge is 0.407 e. The number of fused-ring (bicyclic) bond motifs is 1. The molecule has 15 heavy (non-hydrogen) atoms. The quantitative estimate of drug-likeness (QED) is 0.721. The Morgan fingerprint density at radius 1 is 1.60 bits per heavy atom. The van der Waals surface area contributed by atoms with Gasteiger partial charge in [-0.1, -0.05) is 0 Å². The van der Waals surface area contributed by atoms with Crippen molar-refractivity contribution in [3.8, 4) is 0 Å². The number of piperidine rings is 1. The van der Waals surface area contributed by atoms with Crippen molar-refractivity contribution in [1.29, 1.82) is 0 Å². The van der Waals surface area contributed by atoms with Crippen molar-refractivity contribution in [3.05, 3.63) is 0 Å². The molecule has 0 bridgehead atoms. The van der Waals surface area contributed by atoms with Crippen LogP contribution < -0.4 is 10.6 Å². The number of nitrogens with one attached hydrogen (secondary N) is 2. The van der Waals surface area contributed by atoms with Crippen LogP contribution in [0, 0.1) is 11.3 Å². The Balaban J connectivity index is 1.72. The van der Waals surface area contributed by atoms with Crippen LogP contribution >= 0.6 is 0 Å². The van der Waals surface area contributed by atoms with Crippen molar-refractivity contribution in [3.63, 3.8) is 0 Å². The summed E-state index contributed by atoms with van der Waals surface area (Å²) in [7, 11) is 0. The van der Waals surface area contributed by atoms with Gasteiger partial charge in [-0.05, 0) is 39.7 Å². The van der Waals surface area contributed by atoms with Crippen LogP contribution in [0.2, 0.25) is 0 Å². The Morgan fingerprint density at radius 2 is 2.33 bits per heavy atom. The molecule has 0 radical (unpaired) electrons. The summed E-state index contributed by atoms with van der Waals surface area (Å²) < 4.78 is 5.19. The molecule has 2 fully saturated rings. The van der Waals surface area contributed by atoms with Crippen molar-refractivity contribution in [1.82, 2.24) is 10.6 Å². The molecule has 4 heteroatoms. The van der Waals surface area contributed by atoms with Gasteiger partial charge in [-0.3, -0.25) is 0 Å². The lowest BCUT2D eigenvalue weighted by atomic mass is 10.1. The zero-order valence-electron chi connectivity index (χ0n) is 9.72. The van der Waals surface area contributed by atoms with Gasteiger partial charge in [0.05, 0.1) is 0 Å². The number of hydrogen-bond donors (Lipinski definition) is 2. The topological polar surface area (TPSA) is 50.4 Å². The Hall–Kier alpha value is -0.770. The van der Waals surface area contributed by atoms with Crippen LogP contribution in [0.4, 0.5) is 4.79 Å². The maximum atomic E-state index is 11.4. The van der Waals surface area contributed by atoms with E-state index in [2.05, 4.69) is 10.6 Å². The summed E-state index contributed by atoms with van der Waals surface area (Å²) in [4.78, 5) is 11.4. The summed E-state index contributed by atoms with van der Waals surface area (Å²) in [5, 5.41) is 6.20. The van der Waals surface area contributed by atoms with E-state index in [1.54, 1.807) is 0 Å². The molecule has 4 nitrogen and oxygen atoms in total. The van der Waals surface area contributed by atoms with Gasteiger partial charge in [0.2, 0.25) is 0 Å². The predicted octanol–water partition coefficient (Wildman–Crippen LogP) is 1.12. The van der Waals surface area contributed by atoms with E-state index >= 15 is 0 Å². The third-order valence-electron chi connectivity index (χ3n) is 3.21. The largest absolute Gasteiger partial charge is 0.444 e. The molecule has 0 unspecified atom stereocenters. The highest BCUT2D eigenvalue weighted by molar-refractivity contribution is 5.67. The van der Waals surface area contributed by atoms with Gasteiger partial charge in [0, 0.05) is 18.5 Å². The van der Waals surface area contributed by atoms with Gasteiger partial charge < -0.3 is 15.4 Å². The highest BCUT2D eigenvalue weighted by atomic mass is 16.6. The van der Waals surface area contributed by atoms with Crippen LogP contribution in [0.5, 0.6) is 0 Å². The van der Waals surface area contributed by atoms with Gasteiger partial charge in [0.1, 0.15) is 5.60 Å². The average Bonchev–Trinajstić information content (AvgIpc) is 2.63. The number of amides is 1. The zero-order chi connectivity index (χ0) is 11.1. The second kappa shape index (κ2) is 3.37. The number of hydrogen-bond acceptors (Lipinski definition) is 3. The number of alkyl carbamates (subject to hydrolysis) is 1. The Labute approximate surface area is 90.8 Å². The standard InChI is InChI=1S/C11H20N2O2/c1-10(2,3)15-9(14)13-7-11-4-8(11)5-12-6-11/h8,12H,4-7H2,1-3H3,(H,13,14)/t8-,11-/m1/s1. The number of ether oxygens (including phenoxy) is 1. The second-order valence-corrected chi connectivity index (χ2v) is 5.75. The van der Waals surface area contributed by atoms with Gasteiger partial charge >= 0.3 is 6.09 Å². The van der Waals surface area contributed by atoms with E-state index in [0.717, 1.165) is 25.6 Å². The minimum atomic E-state index is -0.404. The summed E-state index contributed by atoms with van der Waals surface area (Å²) >= 11 is 0. The maximum absolute atomic E-state index is 11.4. The fourth-order valence-electron chi connectivity index (χ4n) is 2.27. The van der Waals surface area contributed by atoms with Gasteiger partial charge in [-0.25, -0.2) is 4.79 Å². The van der Waals surface area contributed by atoms with E-state index in [0.29, 0.717) is 5.41 Å². The summed E-state index contributed by atoms with van der Waals surface area (Å²) in [6, 6.07) is 0. The third kappa shape index (κ3) is 2.43. The lowest BCUT2D eigenvalue weighted by Gasteiger charge is -2.21. The van der Waals surface area contributed by atoms with Crippen molar-refractivity contribution in [2.45, 2.75) is 32.8 Å². The fourth-order valence-corrected chi connectivity index (χ4v) is 2.27. The van der Waals surface area contributed by atoms with E-state index in [-0.39, 0.29) is 6.09 Å². The van der Waals surface area contributed by atoms with Crippen molar-refractivity contribution in [2.24, 2.45) is 11.3 Å². The Morgan fingerprint density at radius 3 is 2.80 bits per heavy atom. The lowest BCUT2D eigenvalue weighted by molar-refractivity contribution is 0.0516. The van der Waals surface area contributed by atoms with Gasteiger partial charge in [0.25, 0.3) is 0 Å². The fraction of sp³-hybridized carbons (Fsp3) is 0.909. The zero-order valence-corrected chi connectivity index (χ0v) is 9.72. The van der Waals surface area contributed by atoms with E-state index in [4.69, 9.17) is 4.74 Å². The number of carbonyl (C=O) groups is 1. The molecule has 2 N–H and O–H groups in total. The molecule has 1 aliphatic heterocycles. The molecule has 1 saturated carbocycles. The van der Waals surface area contributed by atoms with Crippen LogP contribution in [-0.2, 0) is 4.74 Å². The summed E-state index contributed by atoms with van der Waals surface area (Å²) in [6.07, 6.45) is 0.949. The molecule has 1 heterocycles.